The Bertz CT molecular complexity index is 392. The first-order chi connectivity index (χ1) is 8.11. The van der Waals surface area contributed by atoms with E-state index in [2.05, 4.69) is 39.9 Å². The maximum Gasteiger partial charge on any atom is 0.0772 e. The zero-order valence-corrected chi connectivity index (χ0v) is 12.1. The van der Waals surface area contributed by atoms with Crippen molar-refractivity contribution in [3.8, 4) is 0 Å². The Morgan fingerprint density at radius 3 is 2.82 bits per heavy atom. The summed E-state index contributed by atoms with van der Waals surface area (Å²) in [4.78, 5) is 2.44. The van der Waals surface area contributed by atoms with Crippen molar-refractivity contribution in [1.82, 2.24) is 0 Å². The fraction of sp³-hybridized carbons (Fsp3) is 0.571. The predicted molar refractivity (Wildman–Crippen MR) is 75.4 cm³/mol. The maximum absolute atomic E-state index is 9.60. The Kier molecular flexibility index (Phi) is 4.10. The molecule has 1 heterocycles. The van der Waals surface area contributed by atoms with E-state index < -0.39 is 6.10 Å². The average Bonchev–Trinajstić information content (AvgIpc) is 2.76. The number of hydrogen-bond acceptors (Lipinski definition) is 2. The lowest BCUT2D eigenvalue weighted by molar-refractivity contribution is 0.198. The number of rotatable bonds is 3. The van der Waals surface area contributed by atoms with E-state index in [1.165, 1.54) is 18.5 Å². The Labute approximate surface area is 112 Å². The number of aliphatic hydroxyl groups excluding tert-OH is 1. The minimum atomic E-state index is -0.416. The molecule has 94 valence electrons. The molecule has 1 N–H and O–H groups in total. The van der Waals surface area contributed by atoms with Crippen molar-refractivity contribution in [3.63, 3.8) is 0 Å². The zero-order chi connectivity index (χ0) is 12.4. The van der Waals surface area contributed by atoms with Crippen LogP contribution < -0.4 is 4.90 Å². The van der Waals surface area contributed by atoms with Crippen LogP contribution in [0.5, 0.6) is 0 Å². The SMILES string of the molecule is CCC1CCN(c2ccc([C@H](C)O)c(Br)c2)C1. The summed E-state index contributed by atoms with van der Waals surface area (Å²) in [6.07, 6.45) is 2.15. The summed E-state index contributed by atoms with van der Waals surface area (Å²) < 4.78 is 1.00. The van der Waals surface area contributed by atoms with Crippen LogP contribution >= 0.6 is 15.9 Å². The molecule has 1 unspecified atom stereocenters. The summed E-state index contributed by atoms with van der Waals surface area (Å²) in [5.41, 5.74) is 2.22. The Morgan fingerprint density at radius 1 is 1.53 bits per heavy atom. The molecule has 0 aliphatic carbocycles. The minimum absolute atomic E-state index is 0.416. The second-order valence-corrected chi connectivity index (χ2v) is 5.75. The zero-order valence-electron chi connectivity index (χ0n) is 10.5. The summed E-state index contributed by atoms with van der Waals surface area (Å²) >= 11 is 3.54. The van der Waals surface area contributed by atoms with E-state index in [0.29, 0.717) is 0 Å². The van der Waals surface area contributed by atoms with Gasteiger partial charge in [-0.2, -0.15) is 0 Å². The molecule has 1 aliphatic heterocycles. The van der Waals surface area contributed by atoms with Crippen molar-refractivity contribution in [1.29, 1.82) is 0 Å². The Morgan fingerprint density at radius 2 is 2.29 bits per heavy atom. The highest BCUT2D eigenvalue weighted by Crippen LogP contribution is 2.31. The van der Waals surface area contributed by atoms with Crippen LogP contribution in [0.4, 0.5) is 5.69 Å². The van der Waals surface area contributed by atoms with E-state index in [-0.39, 0.29) is 0 Å². The molecule has 0 bridgehead atoms. The third kappa shape index (κ3) is 2.83. The third-order valence-corrected chi connectivity index (χ3v) is 4.35. The van der Waals surface area contributed by atoms with Crippen LogP contribution in [0.2, 0.25) is 0 Å². The molecule has 0 amide bonds. The Balaban J connectivity index is 2.15. The summed E-state index contributed by atoms with van der Waals surface area (Å²) in [6, 6.07) is 6.26. The van der Waals surface area contributed by atoms with E-state index in [1.807, 2.05) is 6.07 Å². The van der Waals surface area contributed by atoms with Crippen LogP contribution in [-0.2, 0) is 0 Å². The van der Waals surface area contributed by atoms with Gasteiger partial charge in [0.2, 0.25) is 0 Å². The van der Waals surface area contributed by atoms with Gasteiger partial charge in [-0.05, 0) is 37.0 Å². The Hall–Kier alpha value is -0.540. The molecule has 3 heteroatoms. The first-order valence-corrected chi connectivity index (χ1v) is 7.13. The lowest BCUT2D eigenvalue weighted by Gasteiger charge is -2.20. The predicted octanol–water partition coefficient (Wildman–Crippen LogP) is 3.74. The first kappa shape index (κ1) is 12.9. The van der Waals surface area contributed by atoms with Gasteiger partial charge in [-0.25, -0.2) is 0 Å². The molecule has 0 radical (unpaired) electrons. The smallest absolute Gasteiger partial charge is 0.0772 e. The van der Waals surface area contributed by atoms with Crippen LogP contribution in [0.25, 0.3) is 0 Å². The van der Waals surface area contributed by atoms with Crippen molar-refractivity contribution < 1.29 is 5.11 Å². The molecular weight excluding hydrogens is 278 g/mol. The molecule has 0 aromatic heterocycles. The van der Waals surface area contributed by atoms with Gasteiger partial charge in [0.1, 0.15) is 0 Å². The van der Waals surface area contributed by atoms with Crippen LogP contribution in [-0.4, -0.2) is 18.2 Å². The van der Waals surface area contributed by atoms with Gasteiger partial charge in [0, 0.05) is 23.2 Å². The minimum Gasteiger partial charge on any atom is -0.389 e. The van der Waals surface area contributed by atoms with E-state index in [1.54, 1.807) is 6.92 Å². The second kappa shape index (κ2) is 5.40. The molecule has 0 spiro atoms. The topological polar surface area (TPSA) is 23.5 Å². The molecule has 1 fully saturated rings. The lowest BCUT2D eigenvalue weighted by Crippen LogP contribution is -2.19. The van der Waals surface area contributed by atoms with Crippen molar-refractivity contribution in [2.75, 3.05) is 18.0 Å². The number of benzene rings is 1. The highest BCUT2D eigenvalue weighted by molar-refractivity contribution is 9.10. The molecule has 2 atom stereocenters. The van der Waals surface area contributed by atoms with Gasteiger partial charge in [0.15, 0.2) is 0 Å². The van der Waals surface area contributed by atoms with Gasteiger partial charge >= 0.3 is 0 Å². The van der Waals surface area contributed by atoms with Crippen molar-refractivity contribution in [2.24, 2.45) is 5.92 Å². The molecular formula is C14H20BrNO. The lowest BCUT2D eigenvalue weighted by atomic mass is 10.1. The maximum atomic E-state index is 9.60. The van der Waals surface area contributed by atoms with E-state index in [4.69, 9.17) is 0 Å². The summed E-state index contributed by atoms with van der Waals surface area (Å²) in [5, 5.41) is 9.60. The van der Waals surface area contributed by atoms with Crippen LogP contribution in [0.3, 0.4) is 0 Å². The molecule has 1 aromatic carbocycles. The van der Waals surface area contributed by atoms with Crippen molar-refractivity contribution in [2.45, 2.75) is 32.8 Å². The van der Waals surface area contributed by atoms with Gasteiger partial charge < -0.3 is 10.0 Å². The fourth-order valence-corrected chi connectivity index (χ4v) is 3.15. The highest BCUT2D eigenvalue weighted by atomic mass is 79.9. The van der Waals surface area contributed by atoms with Crippen LogP contribution in [0.1, 0.15) is 38.4 Å². The van der Waals surface area contributed by atoms with Crippen LogP contribution in [0.15, 0.2) is 22.7 Å². The molecule has 0 saturated carbocycles. The highest BCUT2D eigenvalue weighted by Gasteiger charge is 2.21. The number of hydrogen-bond donors (Lipinski definition) is 1. The van der Waals surface area contributed by atoms with Gasteiger partial charge in [0.25, 0.3) is 0 Å². The average molecular weight is 298 g/mol. The van der Waals surface area contributed by atoms with Gasteiger partial charge in [0.05, 0.1) is 6.10 Å². The van der Waals surface area contributed by atoms with Gasteiger partial charge in [-0.3, -0.25) is 0 Å². The molecule has 2 nitrogen and oxygen atoms in total. The summed E-state index contributed by atoms with van der Waals surface area (Å²) in [6.45, 7) is 6.37. The molecule has 2 rings (SSSR count). The third-order valence-electron chi connectivity index (χ3n) is 3.66. The standard InChI is InChI=1S/C14H20BrNO/c1-3-11-6-7-16(9-11)12-4-5-13(10(2)17)14(15)8-12/h4-5,8,10-11,17H,3,6-7,9H2,1-2H3/t10-,11?/m0/s1. The van der Waals surface area contributed by atoms with E-state index >= 15 is 0 Å². The first-order valence-electron chi connectivity index (χ1n) is 6.34. The van der Waals surface area contributed by atoms with Crippen molar-refractivity contribution >= 4 is 21.6 Å². The quantitative estimate of drug-likeness (QED) is 0.919. The van der Waals surface area contributed by atoms with Crippen molar-refractivity contribution in [3.05, 3.63) is 28.2 Å². The number of aliphatic hydroxyl groups is 1. The largest absolute Gasteiger partial charge is 0.389 e. The molecule has 1 saturated heterocycles. The normalized spacial score (nSPS) is 21.9. The van der Waals surface area contributed by atoms with Gasteiger partial charge in [-0.1, -0.05) is 35.3 Å². The monoisotopic (exact) mass is 297 g/mol. The number of nitrogens with zero attached hydrogens (tertiary/aromatic N) is 1. The fourth-order valence-electron chi connectivity index (χ4n) is 2.45. The van der Waals surface area contributed by atoms with E-state index in [0.717, 1.165) is 29.0 Å². The van der Waals surface area contributed by atoms with Gasteiger partial charge in [-0.15, -0.1) is 0 Å². The second-order valence-electron chi connectivity index (χ2n) is 4.89. The molecule has 17 heavy (non-hydrogen) atoms. The molecule has 1 aliphatic rings. The molecule has 1 aromatic rings. The van der Waals surface area contributed by atoms with Crippen LogP contribution in [0, 0.1) is 5.92 Å². The number of anilines is 1. The summed E-state index contributed by atoms with van der Waals surface area (Å²) in [7, 11) is 0. The summed E-state index contributed by atoms with van der Waals surface area (Å²) in [5.74, 6) is 0.838. The van der Waals surface area contributed by atoms with E-state index in [9.17, 15) is 5.11 Å². The number of halogens is 1.